The number of carboxylic acids is 1. The topological polar surface area (TPSA) is 84.4 Å². The Morgan fingerprint density at radius 3 is 2.89 bits per heavy atom. The Kier molecular flexibility index (Phi) is 5.04. The molecule has 0 amide bonds. The fourth-order valence-electron chi connectivity index (χ4n) is 4.55. The maximum atomic E-state index is 11.7. The first-order chi connectivity index (χ1) is 13.1. The van der Waals surface area contributed by atoms with E-state index in [2.05, 4.69) is 29.1 Å². The fourth-order valence-corrected chi connectivity index (χ4v) is 4.55. The molecule has 2 heterocycles. The van der Waals surface area contributed by atoms with Crippen molar-refractivity contribution in [3.63, 3.8) is 0 Å². The highest BCUT2D eigenvalue weighted by Gasteiger charge is 2.31. The van der Waals surface area contributed by atoms with Gasteiger partial charge in [-0.3, -0.25) is 9.58 Å². The van der Waals surface area contributed by atoms with Crippen LogP contribution in [0, 0.1) is 0 Å². The van der Waals surface area contributed by atoms with Gasteiger partial charge in [0.05, 0.1) is 0 Å². The largest absolute Gasteiger partial charge is 0.476 e. The molecule has 1 N–H and O–H groups in total. The Morgan fingerprint density at radius 2 is 2.11 bits per heavy atom. The molecule has 7 nitrogen and oxygen atoms in total. The van der Waals surface area contributed by atoms with Crippen molar-refractivity contribution in [2.45, 2.75) is 77.4 Å². The van der Waals surface area contributed by atoms with Crippen molar-refractivity contribution in [3.8, 4) is 0 Å². The molecule has 7 heteroatoms. The molecule has 2 aliphatic rings. The van der Waals surface area contributed by atoms with Gasteiger partial charge in [-0.2, -0.15) is 5.10 Å². The summed E-state index contributed by atoms with van der Waals surface area (Å²) in [6.07, 6.45) is 8.02. The minimum Gasteiger partial charge on any atom is -0.476 e. The number of carbonyl (C=O) groups is 1. The van der Waals surface area contributed by atoms with Crippen molar-refractivity contribution >= 4 is 5.97 Å². The lowest BCUT2D eigenvalue weighted by atomic mass is 9.90. The van der Waals surface area contributed by atoms with Crippen molar-refractivity contribution in [1.82, 2.24) is 19.8 Å². The summed E-state index contributed by atoms with van der Waals surface area (Å²) in [4.78, 5) is 14.0. The zero-order valence-corrected chi connectivity index (χ0v) is 16.2. The van der Waals surface area contributed by atoms with Crippen LogP contribution < -0.4 is 0 Å². The molecular formula is C20H28N4O3. The van der Waals surface area contributed by atoms with Gasteiger partial charge < -0.3 is 9.63 Å². The Labute approximate surface area is 159 Å². The lowest BCUT2D eigenvalue weighted by molar-refractivity contribution is 0.0687. The Morgan fingerprint density at radius 1 is 1.30 bits per heavy atom. The second kappa shape index (κ2) is 7.46. The first kappa shape index (κ1) is 18.2. The molecule has 4 rings (SSSR count). The molecule has 0 unspecified atom stereocenters. The van der Waals surface area contributed by atoms with Crippen molar-refractivity contribution in [2.24, 2.45) is 0 Å². The van der Waals surface area contributed by atoms with E-state index in [0.29, 0.717) is 6.04 Å². The number of nitrogens with zero attached hydrogens (tertiary/aromatic N) is 4. The van der Waals surface area contributed by atoms with E-state index >= 15 is 0 Å². The predicted octanol–water partition coefficient (Wildman–Crippen LogP) is 2.85. The standard InChI is InChI=1S/C20H28N4O3/c1-3-10-24-17-9-8-13(11-15(17)19(21-24)20(25)26)23(2)12-16-14-6-4-5-7-18(14)27-22-16/h13H,3-12H2,1-2H3,(H,25,26)/t13-/m1/s1. The number of rotatable bonds is 6. The van der Waals surface area contributed by atoms with Crippen LogP contribution in [0.25, 0.3) is 0 Å². The molecular weight excluding hydrogens is 344 g/mol. The second-order valence-electron chi connectivity index (χ2n) is 7.85. The zero-order valence-electron chi connectivity index (χ0n) is 16.2. The average molecular weight is 372 g/mol. The van der Waals surface area contributed by atoms with Crippen LogP contribution in [0.5, 0.6) is 0 Å². The number of aromatic nitrogens is 3. The van der Waals surface area contributed by atoms with Gasteiger partial charge in [-0.25, -0.2) is 4.79 Å². The highest BCUT2D eigenvalue weighted by molar-refractivity contribution is 5.87. The smallest absolute Gasteiger partial charge is 0.356 e. The first-order valence-electron chi connectivity index (χ1n) is 10.1. The van der Waals surface area contributed by atoms with Gasteiger partial charge in [-0.15, -0.1) is 0 Å². The molecule has 2 aromatic heterocycles. The van der Waals surface area contributed by atoms with Crippen molar-refractivity contribution in [1.29, 1.82) is 0 Å². The molecule has 0 aliphatic heterocycles. The average Bonchev–Trinajstić information content (AvgIpc) is 3.24. The van der Waals surface area contributed by atoms with Gasteiger partial charge in [0.2, 0.25) is 0 Å². The number of fused-ring (bicyclic) bond motifs is 2. The SMILES string of the molecule is CCCn1nc(C(=O)O)c2c1CC[C@@H](N(C)Cc1noc3c1CCCC3)C2. The Hall–Kier alpha value is -2.15. The van der Waals surface area contributed by atoms with Crippen LogP contribution >= 0.6 is 0 Å². The summed E-state index contributed by atoms with van der Waals surface area (Å²) < 4.78 is 7.45. The Balaban J connectivity index is 1.52. The molecule has 0 bridgehead atoms. The molecule has 146 valence electrons. The Bertz CT molecular complexity index is 839. The maximum absolute atomic E-state index is 11.7. The van der Waals surface area contributed by atoms with Crippen molar-refractivity contribution in [3.05, 3.63) is 34.0 Å². The summed E-state index contributed by atoms with van der Waals surface area (Å²) in [6, 6.07) is 0.297. The van der Waals surface area contributed by atoms with Crippen LogP contribution in [-0.2, 0) is 38.8 Å². The number of aromatic carboxylic acids is 1. The van der Waals surface area contributed by atoms with Crippen molar-refractivity contribution in [2.75, 3.05) is 7.05 Å². The molecule has 2 aromatic rings. The third kappa shape index (κ3) is 3.40. The maximum Gasteiger partial charge on any atom is 0.356 e. The monoisotopic (exact) mass is 372 g/mol. The zero-order chi connectivity index (χ0) is 19.0. The van der Waals surface area contributed by atoms with Gasteiger partial charge in [0, 0.05) is 42.4 Å². The number of hydrogen-bond acceptors (Lipinski definition) is 5. The minimum atomic E-state index is -0.921. The number of carboxylic acid groups (broad SMARTS) is 1. The second-order valence-corrected chi connectivity index (χ2v) is 7.85. The molecule has 0 saturated heterocycles. The summed E-state index contributed by atoms with van der Waals surface area (Å²) in [5, 5.41) is 18.3. The molecule has 0 aromatic carbocycles. The van der Waals surface area contributed by atoms with E-state index in [1.54, 1.807) is 0 Å². The number of hydrogen-bond donors (Lipinski definition) is 1. The summed E-state index contributed by atoms with van der Waals surface area (Å²) in [6.45, 7) is 3.62. The van der Waals surface area contributed by atoms with E-state index in [1.807, 2.05) is 4.68 Å². The third-order valence-electron chi connectivity index (χ3n) is 6.01. The molecule has 0 fully saturated rings. The van der Waals surface area contributed by atoms with E-state index in [1.165, 1.54) is 18.4 Å². The molecule has 0 spiro atoms. The number of aryl methyl sites for hydroxylation is 2. The third-order valence-corrected chi connectivity index (χ3v) is 6.01. The minimum absolute atomic E-state index is 0.232. The summed E-state index contributed by atoms with van der Waals surface area (Å²) in [7, 11) is 2.11. The summed E-state index contributed by atoms with van der Waals surface area (Å²) >= 11 is 0. The van der Waals surface area contributed by atoms with Gasteiger partial charge in [0.25, 0.3) is 0 Å². The van der Waals surface area contributed by atoms with E-state index in [4.69, 9.17) is 4.52 Å². The van der Waals surface area contributed by atoms with Crippen molar-refractivity contribution < 1.29 is 14.4 Å². The quantitative estimate of drug-likeness (QED) is 0.839. The predicted molar refractivity (Wildman–Crippen MR) is 99.9 cm³/mol. The van der Waals surface area contributed by atoms with E-state index < -0.39 is 5.97 Å². The molecule has 1 atom stereocenters. The van der Waals surface area contributed by atoms with Crippen LogP contribution in [0.3, 0.4) is 0 Å². The van der Waals surface area contributed by atoms with Crippen LogP contribution in [-0.4, -0.2) is 44.0 Å². The van der Waals surface area contributed by atoms with E-state index in [9.17, 15) is 9.90 Å². The van der Waals surface area contributed by atoms with Gasteiger partial charge in [-0.1, -0.05) is 12.1 Å². The van der Waals surface area contributed by atoms with E-state index in [-0.39, 0.29) is 5.69 Å². The van der Waals surface area contributed by atoms with Crippen LogP contribution in [0.15, 0.2) is 4.52 Å². The van der Waals surface area contributed by atoms with Gasteiger partial charge >= 0.3 is 5.97 Å². The molecule has 27 heavy (non-hydrogen) atoms. The van der Waals surface area contributed by atoms with Gasteiger partial charge in [0.1, 0.15) is 11.5 Å². The van der Waals surface area contributed by atoms with Crippen LogP contribution in [0.4, 0.5) is 0 Å². The highest BCUT2D eigenvalue weighted by atomic mass is 16.5. The van der Waals surface area contributed by atoms with E-state index in [0.717, 1.165) is 74.3 Å². The summed E-state index contributed by atoms with van der Waals surface area (Å²) in [5.74, 6) is 0.138. The molecule has 0 radical (unpaired) electrons. The highest BCUT2D eigenvalue weighted by Crippen LogP contribution is 2.30. The molecule has 2 aliphatic carbocycles. The normalized spacial score (nSPS) is 19.1. The fraction of sp³-hybridized carbons (Fsp3) is 0.650. The first-order valence-corrected chi connectivity index (χ1v) is 10.1. The number of likely N-dealkylation sites (N-methyl/N-ethyl adjacent to an activating group) is 1. The lowest BCUT2D eigenvalue weighted by Crippen LogP contribution is -2.37. The summed E-state index contributed by atoms with van der Waals surface area (Å²) in [5.41, 5.74) is 4.61. The lowest BCUT2D eigenvalue weighted by Gasteiger charge is -2.31. The van der Waals surface area contributed by atoms with Gasteiger partial charge in [-0.05, 0) is 52.0 Å². The molecule has 0 saturated carbocycles. The van der Waals surface area contributed by atoms with Crippen LogP contribution in [0.1, 0.15) is 71.4 Å². The van der Waals surface area contributed by atoms with Crippen LogP contribution in [0.2, 0.25) is 0 Å². The van der Waals surface area contributed by atoms with Gasteiger partial charge in [0.15, 0.2) is 5.69 Å².